The number of carbonyl (C=O) groups excluding carboxylic acids is 1. The van der Waals surface area contributed by atoms with E-state index in [1.807, 2.05) is 11.4 Å². The third-order valence-corrected chi connectivity index (χ3v) is 4.52. The Morgan fingerprint density at radius 1 is 1.47 bits per heavy atom. The standard InChI is InChI=1S/C12H13BrOS/c13-10-6-7-15-12(10)11(14)8-9-4-2-1-3-5-9/h4,6-7H,1-3,5,8H2. The van der Waals surface area contributed by atoms with E-state index in [-0.39, 0.29) is 5.78 Å². The first-order chi connectivity index (χ1) is 7.27. The molecule has 80 valence electrons. The van der Waals surface area contributed by atoms with Crippen molar-refractivity contribution >= 4 is 33.0 Å². The van der Waals surface area contributed by atoms with Gasteiger partial charge in [-0.3, -0.25) is 4.79 Å². The minimum absolute atomic E-state index is 0.255. The number of allylic oxidation sites excluding steroid dienone is 2. The fourth-order valence-electron chi connectivity index (χ4n) is 1.84. The molecule has 0 amide bonds. The number of hydrogen-bond donors (Lipinski definition) is 0. The minimum Gasteiger partial charge on any atom is -0.293 e. The maximum absolute atomic E-state index is 11.9. The van der Waals surface area contributed by atoms with Crippen LogP contribution in [0.25, 0.3) is 0 Å². The highest BCUT2D eigenvalue weighted by atomic mass is 79.9. The van der Waals surface area contributed by atoms with Crippen LogP contribution in [0.1, 0.15) is 41.8 Å². The Morgan fingerprint density at radius 3 is 2.93 bits per heavy atom. The van der Waals surface area contributed by atoms with E-state index in [0.29, 0.717) is 6.42 Å². The highest BCUT2D eigenvalue weighted by Gasteiger charge is 2.14. The van der Waals surface area contributed by atoms with Crippen LogP contribution < -0.4 is 0 Å². The zero-order valence-corrected chi connectivity index (χ0v) is 10.9. The second kappa shape index (κ2) is 5.08. The highest BCUT2D eigenvalue weighted by Crippen LogP contribution is 2.27. The minimum atomic E-state index is 0.255. The number of ketones is 1. The lowest BCUT2D eigenvalue weighted by Crippen LogP contribution is -2.01. The Labute approximate surface area is 102 Å². The molecule has 1 aromatic heterocycles. The lowest BCUT2D eigenvalue weighted by Gasteiger charge is -2.11. The van der Waals surface area contributed by atoms with Gasteiger partial charge in [0.25, 0.3) is 0 Å². The number of rotatable bonds is 3. The molecule has 0 fully saturated rings. The summed E-state index contributed by atoms with van der Waals surface area (Å²) in [5.41, 5.74) is 1.33. The van der Waals surface area contributed by atoms with Crippen molar-refractivity contribution in [3.63, 3.8) is 0 Å². The normalized spacial score (nSPS) is 16.2. The van der Waals surface area contributed by atoms with E-state index in [2.05, 4.69) is 22.0 Å². The fraction of sp³-hybridized carbons (Fsp3) is 0.417. The Hall–Kier alpha value is -0.410. The fourth-order valence-corrected chi connectivity index (χ4v) is 3.38. The molecule has 0 bridgehead atoms. The molecule has 1 aliphatic rings. The average molecular weight is 285 g/mol. The van der Waals surface area contributed by atoms with Crippen LogP contribution in [0.2, 0.25) is 0 Å². The summed E-state index contributed by atoms with van der Waals surface area (Å²) in [4.78, 5) is 12.8. The first kappa shape index (κ1) is 11.1. The van der Waals surface area contributed by atoms with Crippen molar-refractivity contribution in [2.45, 2.75) is 32.1 Å². The molecule has 0 saturated carbocycles. The highest BCUT2D eigenvalue weighted by molar-refractivity contribution is 9.10. The summed E-state index contributed by atoms with van der Waals surface area (Å²) < 4.78 is 0.939. The van der Waals surface area contributed by atoms with Gasteiger partial charge in [0.1, 0.15) is 0 Å². The van der Waals surface area contributed by atoms with Crippen LogP contribution in [-0.2, 0) is 0 Å². The predicted octanol–water partition coefficient (Wildman–Crippen LogP) is 4.58. The molecule has 1 aliphatic carbocycles. The van der Waals surface area contributed by atoms with E-state index in [9.17, 15) is 4.79 Å². The summed E-state index contributed by atoms with van der Waals surface area (Å²) in [5.74, 6) is 0.255. The Balaban J connectivity index is 2.04. The molecule has 1 aromatic rings. The molecule has 0 N–H and O–H groups in total. The van der Waals surface area contributed by atoms with Gasteiger partial charge in [0.05, 0.1) is 4.88 Å². The molecular weight excluding hydrogens is 272 g/mol. The Bertz CT molecular complexity index is 392. The third-order valence-electron chi connectivity index (χ3n) is 2.64. The van der Waals surface area contributed by atoms with Crippen LogP contribution in [0, 0.1) is 0 Å². The van der Waals surface area contributed by atoms with E-state index in [1.54, 1.807) is 0 Å². The number of hydrogen-bond acceptors (Lipinski definition) is 2. The van der Waals surface area contributed by atoms with Crippen molar-refractivity contribution < 1.29 is 4.79 Å². The summed E-state index contributed by atoms with van der Waals surface area (Å²) in [6, 6.07) is 1.94. The van der Waals surface area contributed by atoms with Crippen molar-refractivity contribution in [3.8, 4) is 0 Å². The molecule has 0 unspecified atom stereocenters. The smallest absolute Gasteiger partial charge is 0.177 e. The lowest BCUT2D eigenvalue weighted by atomic mass is 9.95. The summed E-state index contributed by atoms with van der Waals surface area (Å²) >= 11 is 4.92. The van der Waals surface area contributed by atoms with Crippen LogP contribution in [0.5, 0.6) is 0 Å². The number of thiophene rings is 1. The van der Waals surface area contributed by atoms with Crippen LogP contribution in [0.15, 0.2) is 27.6 Å². The summed E-state index contributed by atoms with van der Waals surface area (Å²) in [6.45, 7) is 0. The number of carbonyl (C=O) groups is 1. The van der Waals surface area contributed by atoms with Gasteiger partial charge in [-0.1, -0.05) is 11.6 Å². The molecular formula is C12H13BrOS. The van der Waals surface area contributed by atoms with Crippen LogP contribution in [-0.4, -0.2) is 5.78 Å². The molecule has 15 heavy (non-hydrogen) atoms. The van der Waals surface area contributed by atoms with Crippen molar-refractivity contribution in [2.75, 3.05) is 0 Å². The van der Waals surface area contributed by atoms with Gasteiger partial charge in [-0.05, 0) is 53.1 Å². The average Bonchev–Trinajstić information content (AvgIpc) is 2.66. The number of halogens is 1. The van der Waals surface area contributed by atoms with Gasteiger partial charge in [-0.2, -0.15) is 0 Å². The van der Waals surface area contributed by atoms with E-state index in [4.69, 9.17) is 0 Å². The van der Waals surface area contributed by atoms with Gasteiger partial charge >= 0.3 is 0 Å². The van der Waals surface area contributed by atoms with Crippen molar-refractivity contribution in [2.24, 2.45) is 0 Å². The first-order valence-electron chi connectivity index (χ1n) is 5.21. The molecule has 0 aliphatic heterocycles. The van der Waals surface area contributed by atoms with Crippen LogP contribution in [0.3, 0.4) is 0 Å². The number of Topliss-reactive ketones (excluding diaryl/α,β-unsaturated/α-hetero) is 1. The van der Waals surface area contributed by atoms with Crippen molar-refractivity contribution in [1.82, 2.24) is 0 Å². The van der Waals surface area contributed by atoms with Gasteiger partial charge < -0.3 is 0 Å². The molecule has 0 aromatic carbocycles. The van der Waals surface area contributed by atoms with Crippen molar-refractivity contribution in [1.29, 1.82) is 0 Å². The SMILES string of the molecule is O=C(CC1=CCCCC1)c1sccc1Br. The van der Waals surface area contributed by atoms with Gasteiger partial charge in [0, 0.05) is 10.9 Å². The summed E-state index contributed by atoms with van der Waals surface area (Å²) in [6.07, 6.45) is 7.62. The van der Waals surface area contributed by atoms with E-state index >= 15 is 0 Å². The second-order valence-electron chi connectivity index (χ2n) is 3.81. The molecule has 3 heteroatoms. The first-order valence-corrected chi connectivity index (χ1v) is 6.89. The molecule has 1 nitrogen and oxygen atoms in total. The molecule has 0 saturated heterocycles. The van der Waals surface area contributed by atoms with E-state index < -0.39 is 0 Å². The monoisotopic (exact) mass is 284 g/mol. The molecule has 2 rings (SSSR count). The third kappa shape index (κ3) is 2.79. The van der Waals surface area contributed by atoms with E-state index in [1.165, 1.54) is 29.8 Å². The van der Waals surface area contributed by atoms with Gasteiger partial charge in [0.2, 0.25) is 0 Å². The predicted molar refractivity (Wildman–Crippen MR) is 67.5 cm³/mol. The van der Waals surface area contributed by atoms with E-state index in [0.717, 1.165) is 22.2 Å². The Morgan fingerprint density at radius 2 is 2.33 bits per heavy atom. The maximum Gasteiger partial charge on any atom is 0.177 e. The largest absolute Gasteiger partial charge is 0.293 e. The topological polar surface area (TPSA) is 17.1 Å². The summed E-state index contributed by atoms with van der Waals surface area (Å²) in [7, 11) is 0. The zero-order chi connectivity index (χ0) is 10.7. The van der Waals surface area contributed by atoms with Gasteiger partial charge in [-0.15, -0.1) is 11.3 Å². The van der Waals surface area contributed by atoms with Crippen LogP contribution in [0.4, 0.5) is 0 Å². The zero-order valence-electron chi connectivity index (χ0n) is 8.46. The molecule has 0 spiro atoms. The van der Waals surface area contributed by atoms with Gasteiger partial charge in [-0.25, -0.2) is 0 Å². The molecule has 0 atom stereocenters. The van der Waals surface area contributed by atoms with Crippen LogP contribution >= 0.6 is 27.3 Å². The maximum atomic E-state index is 11.9. The second-order valence-corrected chi connectivity index (χ2v) is 5.58. The molecule has 0 radical (unpaired) electrons. The summed E-state index contributed by atoms with van der Waals surface area (Å²) in [5, 5.41) is 1.95. The van der Waals surface area contributed by atoms with Crippen molar-refractivity contribution in [3.05, 3.63) is 32.4 Å². The molecule has 1 heterocycles. The quantitative estimate of drug-likeness (QED) is 0.586. The lowest BCUT2D eigenvalue weighted by molar-refractivity contribution is 0.0995. The Kier molecular flexibility index (Phi) is 3.76. The van der Waals surface area contributed by atoms with Gasteiger partial charge in [0.15, 0.2) is 5.78 Å².